The summed E-state index contributed by atoms with van der Waals surface area (Å²) >= 11 is 0. The summed E-state index contributed by atoms with van der Waals surface area (Å²) in [5.41, 5.74) is 0. The van der Waals surface area contributed by atoms with E-state index in [0.717, 1.165) is 19.4 Å². The number of carbonyl (C=O) groups excluding carboxylic acids is 1. The quantitative estimate of drug-likeness (QED) is 0.718. The number of aryl methyl sites for hydroxylation is 1. The second-order valence-electron chi connectivity index (χ2n) is 3.53. The van der Waals surface area contributed by atoms with E-state index < -0.39 is 0 Å². The van der Waals surface area contributed by atoms with Crippen LogP contribution in [0.15, 0.2) is 0 Å². The molecule has 0 bridgehead atoms. The largest absolute Gasteiger partial charge is 0.381 e. The Kier molecular flexibility index (Phi) is 2.91. The van der Waals surface area contributed by atoms with Gasteiger partial charge in [0.2, 0.25) is 11.9 Å². The number of hydrogen-bond donors (Lipinski definition) is 1. The maximum absolute atomic E-state index is 11.7. The van der Waals surface area contributed by atoms with E-state index in [-0.39, 0.29) is 11.8 Å². The molecule has 7 heteroatoms. The van der Waals surface area contributed by atoms with Crippen molar-refractivity contribution in [3.05, 3.63) is 0 Å². The molecule has 0 aromatic carbocycles. The zero-order valence-corrected chi connectivity index (χ0v) is 8.51. The van der Waals surface area contributed by atoms with Crippen LogP contribution in [-0.2, 0) is 16.6 Å². The molecule has 1 saturated heterocycles. The van der Waals surface area contributed by atoms with E-state index in [0.29, 0.717) is 12.6 Å². The molecule has 0 spiro atoms. The lowest BCUT2D eigenvalue weighted by molar-refractivity contribution is -0.123. The summed E-state index contributed by atoms with van der Waals surface area (Å²) in [6.45, 7) is 1.23. The number of carbonyl (C=O) groups is 1. The molecule has 0 aliphatic carbocycles. The maximum Gasteiger partial charge on any atom is 0.249 e. The Labute approximate surface area is 86.8 Å². The first-order valence-corrected chi connectivity index (χ1v) is 4.88. The summed E-state index contributed by atoms with van der Waals surface area (Å²) in [5, 5.41) is 13.4. The first-order chi connectivity index (χ1) is 7.27. The van der Waals surface area contributed by atoms with Crippen molar-refractivity contribution in [2.75, 3.05) is 18.5 Å². The molecule has 15 heavy (non-hydrogen) atoms. The van der Waals surface area contributed by atoms with Gasteiger partial charge in [-0.2, -0.15) is 0 Å². The van der Waals surface area contributed by atoms with E-state index in [1.807, 2.05) is 0 Å². The molecule has 1 unspecified atom stereocenters. The topological polar surface area (TPSA) is 81.9 Å². The van der Waals surface area contributed by atoms with Gasteiger partial charge in [0, 0.05) is 13.7 Å². The van der Waals surface area contributed by atoms with Crippen molar-refractivity contribution < 1.29 is 9.53 Å². The zero-order chi connectivity index (χ0) is 10.7. The van der Waals surface area contributed by atoms with Gasteiger partial charge in [0.15, 0.2) is 0 Å². The van der Waals surface area contributed by atoms with Crippen LogP contribution in [-0.4, -0.2) is 39.3 Å². The minimum absolute atomic E-state index is 0.0763. The monoisotopic (exact) mass is 211 g/mol. The summed E-state index contributed by atoms with van der Waals surface area (Å²) in [4.78, 5) is 11.7. The third kappa shape index (κ3) is 2.30. The predicted molar refractivity (Wildman–Crippen MR) is 51.0 cm³/mol. The van der Waals surface area contributed by atoms with Crippen LogP contribution in [0.1, 0.15) is 12.8 Å². The van der Waals surface area contributed by atoms with Crippen LogP contribution >= 0.6 is 0 Å². The van der Waals surface area contributed by atoms with Crippen LogP contribution in [0.5, 0.6) is 0 Å². The number of hydrogen-bond acceptors (Lipinski definition) is 5. The molecule has 1 aromatic heterocycles. The van der Waals surface area contributed by atoms with Crippen LogP contribution in [0.25, 0.3) is 0 Å². The van der Waals surface area contributed by atoms with E-state index in [1.54, 1.807) is 7.05 Å². The Hall–Kier alpha value is -1.50. The smallest absolute Gasteiger partial charge is 0.249 e. The Morgan fingerprint density at radius 1 is 1.67 bits per heavy atom. The number of nitrogens with one attached hydrogen (secondary N) is 1. The molecule has 7 nitrogen and oxygen atoms in total. The lowest BCUT2D eigenvalue weighted by Crippen LogP contribution is -2.31. The fraction of sp³-hybridized carbons (Fsp3) is 0.750. The third-order valence-corrected chi connectivity index (χ3v) is 2.39. The number of rotatable bonds is 2. The van der Waals surface area contributed by atoms with Gasteiger partial charge in [-0.1, -0.05) is 5.10 Å². The number of ether oxygens (including phenoxy) is 1. The van der Waals surface area contributed by atoms with Gasteiger partial charge in [-0.15, -0.1) is 0 Å². The fourth-order valence-corrected chi connectivity index (χ4v) is 1.50. The highest BCUT2D eigenvalue weighted by atomic mass is 16.5. The molecule has 1 aliphatic rings. The Bertz CT molecular complexity index is 345. The first-order valence-electron chi connectivity index (χ1n) is 4.88. The minimum Gasteiger partial charge on any atom is -0.381 e. The van der Waals surface area contributed by atoms with Crippen molar-refractivity contribution in [1.29, 1.82) is 0 Å². The number of tetrazole rings is 1. The van der Waals surface area contributed by atoms with Gasteiger partial charge >= 0.3 is 0 Å². The van der Waals surface area contributed by atoms with Gasteiger partial charge < -0.3 is 4.74 Å². The van der Waals surface area contributed by atoms with Crippen LogP contribution in [0.2, 0.25) is 0 Å². The summed E-state index contributed by atoms with van der Waals surface area (Å²) in [6.07, 6.45) is 1.78. The van der Waals surface area contributed by atoms with Gasteiger partial charge in [-0.25, -0.2) is 4.68 Å². The zero-order valence-electron chi connectivity index (χ0n) is 8.51. The van der Waals surface area contributed by atoms with Crippen molar-refractivity contribution in [2.24, 2.45) is 13.0 Å². The van der Waals surface area contributed by atoms with Crippen LogP contribution < -0.4 is 5.32 Å². The average molecular weight is 211 g/mol. The molecule has 0 saturated carbocycles. The molecule has 82 valence electrons. The summed E-state index contributed by atoms with van der Waals surface area (Å²) in [6, 6.07) is 0. The molecular weight excluding hydrogens is 198 g/mol. The van der Waals surface area contributed by atoms with Crippen LogP contribution in [0.4, 0.5) is 5.95 Å². The summed E-state index contributed by atoms with van der Waals surface area (Å²) in [7, 11) is 1.67. The Morgan fingerprint density at radius 3 is 3.13 bits per heavy atom. The standard InChI is InChI=1S/C8H13N5O2/c1-13-8(10-11-12-13)9-7(14)6-3-2-4-15-5-6/h6H,2-5H2,1H3,(H,9,10,12,14). The number of anilines is 1. The molecule has 1 fully saturated rings. The third-order valence-electron chi connectivity index (χ3n) is 2.39. The van der Waals surface area contributed by atoms with Gasteiger partial charge in [-0.3, -0.25) is 10.1 Å². The highest BCUT2D eigenvalue weighted by Gasteiger charge is 2.22. The second kappa shape index (κ2) is 4.35. The van der Waals surface area contributed by atoms with Crippen molar-refractivity contribution in [1.82, 2.24) is 20.2 Å². The van der Waals surface area contributed by atoms with Crippen LogP contribution in [0, 0.1) is 5.92 Å². The van der Waals surface area contributed by atoms with E-state index >= 15 is 0 Å². The van der Waals surface area contributed by atoms with Crippen LogP contribution in [0.3, 0.4) is 0 Å². The highest BCUT2D eigenvalue weighted by Crippen LogP contribution is 2.14. The lowest BCUT2D eigenvalue weighted by Gasteiger charge is -2.20. The SMILES string of the molecule is Cn1nnnc1NC(=O)C1CCCOC1. The van der Waals surface area contributed by atoms with Crippen molar-refractivity contribution in [3.63, 3.8) is 0 Å². The van der Waals surface area contributed by atoms with E-state index in [2.05, 4.69) is 20.8 Å². The Morgan fingerprint density at radius 2 is 2.53 bits per heavy atom. The minimum atomic E-state index is -0.0875. The molecule has 2 rings (SSSR count). The van der Waals surface area contributed by atoms with Gasteiger partial charge in [0.05, 0.1) is 12.5 Å². The Balaban J connectivity index is 1.94. The summed E-state index contributed by atoms with van der Waals surface area (Å²) in [5.74, 6) is 0.202. The number of amides is 1. The van der Waals surface area contributed by atoms with Gasteiger partial charge in [-0.05, 0) is 23.3 Å². The van der Waals surface area contributed by atoms with E-state index in [1.165, 1.54) is 4.68 Å². The molecule has 1 amide bonds. The number of nitrogens with zero attached hydrogens (tertiary/aromatic N) is 4. The molecule has 1 atom stereocenters. The average Bonchev–Trinajstić information content (AvgIpc) is 2.66. The van der Waals surface area contributed by atoms with Crippen molar-refractivity contribution in [3.8, 4) is 0 Å². The lowest BCUT2D eigenvalue weighted by atomic mass is 10.0. The van der Waals surface area contributed by atoms with E-state index in [9.17, 15) is 4.79 Å². The highest BCUT2D eigenvalue weighted by molar-refractivity contribution is 5.91. The van der Waals surface area contributed by atoms with Gasteiger partial charge in [0.25, 0.3) is 0 Å². The van der Waals surface area contributed by atoms with Crippen molar-refractivity contribution >= 4 is 11.9 Å². The van der Waals surface area contributed by atoms with E-state index in [4.69, 9.17) is 4.74 Å². The molecule has 1 N–H and O–H groups in total. The maximum atomic E-state index is 11.7. The summed E-state index contributed by atoms with van der Waals surface area (Å²) < 4.78 is 6.65. The first kappa shape index (κ1) is 10.0. The molecule has 0 radical (unpaired) electrons. The predicted octanol–water partition coefficient (Wildman–Crippen LogP) is -0.425. The molecule has 1 aromatic rings. The van der Waals surface area contributed by atoms with Crippen molar-refractivity contribution in [2.45, 2.75) is 12.8 Å². The number of aromatic nitrogens is 4. The molecular formula is C8H13N5O2. The van der Waals surface area contributed by atoms with Gasteiger partial charge in [0.1, 0.15) is 0 Å². The molecule has 1 aliphatic heterocycles. The molecule has 2 heterocycles. The normalized spacial score (nSPS) is 21.3. The fourth-order valence-electron chi connectivity index (χ4n) is 1.50. The second-order valence-corrected chi connectivity index (χ2v) is 3.53.